The highest BCUT2D eigenvalue weighted by Gasteiger charge is 2.59. The maximum Gasteiger partial charge on any atom is 0.370 e. The van der Waals surface area contributed by atoms with Crippen LogP contribution in [0.1, 0.15) is 32.1 Å². The summed E-state index contributed by atoms with van der Waals surface area (Å²) in [6, 6.07) is 9.21. The Bertz CT molecular complexity index is 727. The van der Waals surface area contributed by atoms with E-state index in [1.807, 2.05) is 30.3 Å². The van der Waals surface area contributed by atoms with E-state index in [1.54, 1.807) is 4.90 Å². The minimum Gasteiger partial charge on any atom is -0.302 e. The zero-order valence-corrected chi connectivity index (χ0v) is 14.4. The Hall–Kier alpha value is -1.51. The molecule has 1 amide bonds. The van der Waals surface area contributed by atoms with Gasteiger partial charge in [0, 0.05) is 5.69 Å². The molecule has 1 aliphatic heterocycles. The first-order chi connectivity index (χ1) is 10.9. The Morgan fingerprint density at radius 1 is 1.13 bits per heavy atom. The molecule has 124 valence electrons. The molecule has 3 rings (SSSR count). The van der Waals surface area contributed by atoms with Crippen LogP contribution < -0.4 is 4.90 Å². The van der Waals surface area contributed by atoms with Crippen LogP contribution in [0.3, 0.4) is 0 Å². The van der Waals surface area contributed by atoms with Crippen LogP contribution >= 0.6 is 12.2 Å². The Morgan fingerprint density at radius 2 is 1.74 bits per heavy atom. The van der Waals surface area contributed by atoms with Crippen molar-refractivity contribution < 1.29 is 17.4 Å². The van der Waals surface area contributed by atoms with Crippen molar-refractivity contribution in [2.45, 2.75) is 37.6 Å². The number of para-hydroxylation sites is 1. The zero-order chi connectivity index (χ0) is 16.7. The minimum absolute atomic E-state index is 0.0371. The van der Waals surface area contributed by atoms with Gasteiger partial charge in [0.1, 0.15) is 5.54 Å². The zero-order valence-electron chi connectivity index (χ0n) is 12.8. The van der Waals surface area contributed by atoms with Crippen molar-refractivity contribution in [2.24, 2.45) is 0 Å². The average molecular weight is 354 g/mol. The molecule has 0 atom stereocenters. The van der Waals surface area contributed by atoms with Crippen LogP contribution in [0.5, 0.6) is 0 Å². The summed E-state index contributed by atoms with van der Waals surface area (Å²) in [5.74, 6) is -0.507. The number of benzene rings is 1. The third-order valence-electron chi connectivity index (χ3n) is 4.50. The first-order valence-corrected chi connectivity index (χ1v) is 9.26. The van der Waals surface area contributed by atoms with E-state index in [9.17, 15) is 13.2 Å². The number of carbonyl (C=O) groups excluding carboxylic acids is 1. The van der Waals surface area contributed by atoms with Crippen molar-refractivity contribution in [3.63, 3.8) is 0 Å². The number of amides is 1. The standard InChI is InChI=1S/C15H18N2O4S2/c1-21-23(19,20)17-13(18)15(10-6-3-7-11-15)16(14(17)22)12-8-4-2-5-9-12/h2,4-5,8-9H,3,6-7,10-11H2,1H3. The molecule has 0 aromatic heterocycles. The molecule has 1 aromatic rings. The molecule has 0 N–H and O–H groups in total. The van der Waals surface area contributed by atoms with E-state index in [4.69, 9.17) is 12.2 Å². The van der Waals surface area contributed by atoms with Gasteiger partial charge >= 0.3 is 10.3 Å². The molecule has 0 unspecified atom stereocenters. The average Bonchev–Trinajstić information content (AvgIpc) is 2.77. The molecule has 2 fully saturated rings. The van der Waals surface area contributed by atoms with E-state index < -0.39 is 21.8 Å². The lowest BCUT2D eigenvalue weighted by Crippen LogP contribution is -2.51. The van der Waals surface area contributed by atoms with E-state index in [2.05, 4.69) is 4.18 Å². The summed E-state index contributed by atoms with van der Waals surface area (Å²) < 4.78 is 29.6. The van der Waals surface area contributed by atoms with E-state index in [0.717, 1.165) is 32.1 Å². The van der Waals surface area contributed by atoms with Gasteiger partial charge in [-0.25, -0.2) is 0 Å². The topological polar surface area (TPSA) is 66.9 Å². The highest BCUT2D eigenvalue weighted by atomic mass is 32.2. The van der Waals surface area contributed by atoms with Gasteiger partial charge in [0.05, 0.1) is 7.11 Å². The summed E-state index contributed by atoms with van der Waals surface area (Å²) in [7, 11) is -3.18. The molecular weight excluding hydrogens is 336 g/mol. The fraction of sp³-hybridized carbons (Fsp3) is 0.467. The van der Waals surface area contributed by atoms with Crippen LogP contribution in [0.2, 0.25) is 0 Å². The summed E-state index contributed by atoms with van der Waals surface area (Å²) in [4.78, 5) is 14.7. The van der Waals surface area contributed by atoms with Gasteiger partial charge in [-0.2, -0.15) is 12.7 Å². The Labute approximate surface area is 141 Å². The van der Waals surface area contributed by atoms with Gasteiger partial charge < -0.3 is 4.90 Å². The number of rotatable bonds is 3. The smallest absolute Gasteiger partial charge is 0.302 e. The van der Waals surface area contributed by atoms with Crippen molar-refractivity contribution >= 4 is 39.2 Å². The maximum absolute atomic E-state index is 13.0. The number of hydrogen-bond acceptors (Lipinski definition) is 5. The van der Waals surface area contributed by atoms with Crippen LogP contribution in [-0.4, -0.2) is 36.4 Å². The summed E-state index contributed by atoms with van der Waals surface area (Å²) in [6.07, 6.45) is 3.91. The van der Waals surface area contributed by atoms with E-state index in [-0.39, 0.29) is 5.11 Å². The molecule has 23 heavy (non-hydrogen) atoms. The number of hydrogen-bond donors (Lipinski definition) is 0. The third-order valence-corrected chi connectivity index (χ3v) is 6.19. The lowest BCUT2D eigenvalue weighted by Gasteiger charge is -2.38. The summed E-state index contributed by atoms with van der Waals surface area (Å²) >= 11 is 5.36. The van der Waals surface area contributed by atoms with Crippen molar-refractivity contribution in [3.05, 3.63) is 30.3 Å². The van der Waals surface area contributed by atoms with Gasteiger partial charge in [-0.05, 0) is 37.2 Å². The largest absolute Gasteiger partial charge is 0.370 e. The number of nitrogens with zero attached hydrogens (tertiary/aromatic N) is 2. The lowest BCUT2D eigenvalue weighted by atomic mass is 9.80. The molecule has 1 saturated carbocycles. The summed E-state index contributed by atoms with van der Waals surface area (Å²) in [6.45, 7) is 0. The van der Waals surface area contributed by atoms with Crippen molar-refractivity contribution in [1.29, 1.82) is 0 Å². The predicted molar refractivity (Wildman–Crippen MR) is 90.1 cm³/mol. The van der Waals surface area contributed by atoms with Crippen LogP contribution in [0.15, 0.2) is 30.3 Å². The number of thiocarbonyl (C=S) groups is 1. The molecular formula is C15H18N2O4S2. The number of carbonyl (C=O) groups is 1. The van der Waals surface area contributed by atoms with E-state index in [1.165, 1.54) is 0 Å². The van der Waals surface area contributed by atoms with Crippen LogP contribution in [0, 0.1) is 0 Å². The molecule has 2 aliphatic rings. The second kappa shape index (κ2) is 5.85. The van der Waals surface area contributed by atoms with Gasteiger partial charge in [0.15, 0.2) is 5.11 Å². The van der Waals surface area contributed by atoms with Crippen molar-refractivity contribution in [3.8, 4) is 0 Å². The lowest BCUT2D eigenvalue weighted by molar-refractivity contribution is -0.128. The first kappa shape index (κ1) is 16.4. The maximum atomic E-state index is 13.0. The van der Waals surface area contributed by atoms with Crippen molar-refractivity contribution in [2.75, 3.05) is 12.0 Å². The van der Waals surface area contributed by atoms with Gasteiger partial charge in [-0.15, -0.1) is 0 Å². The molecule has 1 aromatic carbocycles. The Balaban J connectivity index is 2.15. The van der Waals surface area contributed by atoms with Gasteiger partial charge in [-0.1, -0.05) is 37.5 Å². The van der Waals surface area contributed by atoms with E-state index >= 15 is 0 Å². The van der Waals surface area contributed by atoms with Gasteiger partial charge in [0.25, 0.3) is 5.91 Å². The molecule has 1 heterocycles. The Kier molecular flexibility index (Phi) is 4.16. The highest BCUT2D eigenvalue weighted by Crippen LogP contribution is 2.44. The highest BCUT2D eigenvalue weighted by molar-refractivity contribution is 7.88. The third kappa shape index (κ3) is 2.45. The molecule has 1 spiro atoms. The van der Waals surface area contributed by atoms with Gasteiger partial charge in [0.2, 0.25) is 0 Å². The fourth-order valence-corrected chi connectivity index (χ4v) is 4.86. The first-order valence-electron chi connectivity index (χ1n) is 7.48. The monoisotopic (exact) mass is 354 g/mol. The normalized spacial score (nSPS) is 21.3. The second-order valence-corrected chi connectivity index (χ2v) is 7.66. The predicted octanol–water partition coefficient (Wildman–Crippen LogP) is 2.21. The van der Waals surface area contributed by atoms with Crippen LogP contribution in [0.25, 0.3) is 0 Å². The molecule has 0 radical (unpaired) electrons. The van der Waals surface area contributed by atoms with E-state index in [0.29, 0.717) is 17.1 Å². The fourth-order valence-electron chi connectivity index (χ4n) is 3.43. The van der Waals surface area contributed by atoms with Gasteiger partial charge in [-0.3, -0.25) is 8.98 Å². The van der Waals surface area contributed by atoms with Crippen LogP contribution in [0.4, 0.5) is 5.69 Å². The molecule has 0 bridgehead atoms. The minimum atomic E-state index is -4.21. The SMILES string of the molecule is COS(=O)(=O)N1C(=O)C2(CCCCC2)N(c2ccccc2)C1=S. The molecule has 6 nitrogen and oxygen atoms in total. The summed E-state index contributed by atoms with van der Waals surface area (Å²) in [5.41, 5.74) is -0.205. The molecule has 1 saturated heterocycles. The Morgan fingerprint density at radius 3 is 2.30 bits per heavy atom. The molecule has 1 aliphatic carbocycles. The summed E-state index contributed by atoms with van der Waals surface area (Å²) in [5, 5.41) is -0.0371. The second-order valence-electron chi connectivity index (χ2n) is 5.74. The van der Waals surface area contributed by atoms with Crippen LogP contribution in [-0.2, 0) is 19.3 Å². The molecule has 8 heteroatoms. The quantitative estimate of drug-likeness (QED) is 0.776. The van der Waals surface area contributed by atoms with Crippen molar-refractivity contribution in [1.82, 2.24) is 4.31 Å². The number of anilines is 1.